The summed E-state index contributed by atoms with van der Waals surface area (Å²) in [6.07, 6.45) is -0.951. The molecular formula is C90H76N8O12. The zero-order valence-electron chi connectivity index (χ0n) is 60.6. The molecule has 0 saturated heterocycles. The van der Waals surface area contributed by atoms with Gasteiger partial charge in [0.25, 0.3) is 23.6 Å². The van der Waals surface area contributed by atoms with Gasteiger partial charge in [-0.25, -0.2) is 0 Å². The molecule has 0 unspecified atom stereocenters. The summed E-state index contributed by atoms with van der Waals surface area (Å²) in [4.78, 5) is 135. The maximum atomic E-state index is 15.2. The largest absolute Gasteiger partial charge is 0.465 e. The van der Waals surface area contributed by atoms with E-state index in [1.165, 1.54) is 0 Å². The maximum Gasteiger partial charge on any atom is 0.324 e. The van der Waals surface area contributed by atoms with Crippen LogP contribution in [0.1, 0.15) is 136 Å². The Labute approximate surface area is 632 Å². The monoisotopic (exact) mass is 1460 g/mol. The molecule has 0 saturated carbocycles. The summed E-state index contributed by atoms with van der Waals surface area (Å²) in [7, 11) is 0. The zero-order chi connectivity index (χ0) is 76.2. The molecule has 0 atom stereocenters. The number of benzene rings is 8. The van der Waals surface area contributed by atoms with Gasteiger partial charge in [0.1, 0.15) is 0 Å². The highest BCUT2D eigenvalue weighted by atomic mass is 16.6. The van der Waals surface area contributed by atoms with Crippen LogP contribution in [0, 0.1) is 10.8 Å². The van der Waals surface area contributed by atoms with Gasteiger partial charge in [-0.05, 0) is 197 Å². The average molecular weight is 1460 g/mol. The molecule has 0 fully saturated rings. The van der Waals surface area contributed by atoms with Gasteiger partial charge in [0.2, 0.25) is 0 Å². The lowest BCUT2D eigenvalue weighted by molar-refractivity contribution is -0.173. The highest BCUT2D eigenvalue weighted by Gasteiger charge is 2.51. The second kappa shape index (κ2) is 30.5. The first-order valence-corrected chi connectivity index (χ1v) is 36.5. The van der Waals surface area contributed by atoms with E-state index in [4.69, 9.17) is 18.9 Å². The number of para-hydroxylation sites is 4. The van der Waals surface area contributed by atoms with Gasteiger partial charge in [0.15, 0.2) is 10.8 Å². The van der Waals surface area contributed by atoms with E-state index in [0.29, 0.717) is 134 Å². The summed E-state index contributed by atoms with van der Waals surface area (Å²) in [5.74, 6) is -5.35. The van der Waals surface area contributed by atoms with Gasteiger partial charge in [-0.15, -0.1) is 0 Å². The number of ether oxygens (including phenoxy) is 4. The fraction of sp³-hybridized carbons (Fsp3) is 0.156. The van der Waals surface area contributed by atoms with Gasteiger partial charge in [-0.3, -0.25) is 38.4 Å². The summed E-state index contributed by atoms with van der Waals surface area (Å²) < 4.78 is 22.9. The van der Waals surface area contributed by atoms with Crippen LogP contribution in [0.5, 0.6) is 0 Å². The Morgan fingerprint density at radius 2 is 0.509 bits per heavy atom. The van der Waals surface area contributed by atoms with E-state index in [-0.39, 0.29) is 74.4 Å². The number of fused-ring (bicyclic) bond motifs is 20. The maximum absolute atomic E-state index is 15.2. The van der Waals surface area contributed by atoms with Crippen LogP contribution in [0.4, 0.5) is 22.7 Å². The van der Waals surface area contributed by atoms with Crippen molar-refractivity contribution in [2.24, 2.45) is 10.8 Å². The Kier molecular flexibility index (Phi) is 19.9. The lowest BCUT2D eigenvalue weighted by atomic mass is 9.76. The number of anilines is 4. The van der Waals surface area contributed by atoms with Crippen LogP contribution < -0.4 is 42.7 Å². The van der Waals surface area contributed by atoms with Crippen molar-refractivity contribution in [3.8, 4) is 0 Å². The van der Waals surface area contributed by atoms with Crippen LogP contribution in [-0.2, 0) is 63.8 Å². The fourth-order valence-electron chi connectivity index (χ4n) is 15.1. The smallest absolute Gasteiger partial charge is 0.324 e. The highest BCUT2D eigenvalue weighted by Crippen LogP contribution is 2.39. The predicted octanol–water partition coefficient (Wildman–Crippen LogP) is 11.7. The summed E-state index contributed by atoms with van der Waals surface area (Å²) >= 11 is 0. The minimum atomic E-state index is -1.98. The Hall–Kier alpha value is -13.9. The van der Waals surface area contributed by atoms with Crippen molar-refractivity contribution in [3.05, 3.63) is 354 Å². The SMILES string of the molecule is CCOC(=O)C1(C(=O)OCC)Cc2cccc(c2)C(=O)Nc2ccccc2C2=c3ccc([nH]3)=C3c4ccc([nH]4)C(=c4ccc([nH]4)=C(c4ccc2[nH]4)c2ccccc2NC(=O)c2cccc(c2)C1)c1ccccc1NC(=O)c1cccc(c1)CC(C(=O)OCC)(C(=O)OCC)Cc1cccc(c1)C(=O)Nc1ccccc13. The molecule has 12 aromatic rings. The minimum absolute atomic E-state index is 0.0505. The molecular weight excluding hydrogens is 1390 g/mol. The molecule has 3 aliphatic rings. The van der Waals surface area contributed by atoms with E-state index < -0.39 is 58.3 Å². The molecule has 110 heavy (non-hydrogen) atoms. The van der Waals surface area contributed by atoms with Gasteiger partial charge in [0.05, 0.1) is 26.4 Å². The van der Waals surface area contributed by atoms with Crippen LogP contribution in [0.15, 0.2) is 243 Å². The molecule has 8 N–H and O–H groups in total. The second-order valence-electron chi connectivity index (χ2n) is 27.2. The number of H-pyrrole nitrogens is 4. The molecule has 0 spiro atoms. The number of carbonyl (C=O) groups excluding carboxylic acids is 8. The third kappa shape index (κ3) is 13.9. The number of aromatic nitrogens is 4. The first-order chi connectivity index (χ1) is 53.5. The van der Waals surface area contributed by atoms with Crippen LogP contribution in [0.3, 0.4) is 0 Å². The van der Waals surface area contributed by atoms with Gasteiger partial charge in [-0.2, -0.15) is 0 Å². The van der Waals surface area contributed by atoms with Crippen molar-refractivity contribution in [1.82, 2.24) is 19.9 Å². The van der Waals surface area contributed by atoms with E-state index >= 15 is 19.2 Å². The number of aromatic amines is 4. The molecule has 0 aliphatic carbocycles. The number of nitrogens with one attached hydrogen (secondary N) is 8. The molecule has 20 heteroatoms. The van der Waals surface area contributed by atoms with Crippen molar-refractivity contribution >= 4 is 92.5 Å². The van der Waals surface area contributed by atoms with Crippen LogP contribution in [-0.4, -0.2) is 93.9 Å². The quantitative estimate of drug-likeness (QED) is 0.0400. The molecule has 20 nitrogen and oxygen atoms in total. The van der Waals surface area contributed by atoms with Crippen LogP contribution in [0.2, 0.25) is 0 Å². The molecule has 15 rings (SSSR count). The number of hydrogen-bond donors (Lipinski definition) is 8. The van der Waals surface area contributed by atoms with E-state index in [1.807, 2.05) is 121 Å². The molecule has 548 valence electrons. The summed E-state index contributed by atoms with van der Waals surface area (Å²) in [5.41, 5.74) is 7.44. The van der Waals surface area contributed by atoms with Gasteiger partial charge < -0.3 is 60.2 Å². The Morgan fingerprint density at radius 3 is 0.736 bits per heavy atom. The van der Waals surface area contributed by atoms with Crippen molar-refractivity contribution in [2.45, 2.75) is 53.4 Å². The third-order valence-corrected chi connectivity index (χ3v) is 20.1. The molecule has 8 aromatic carbocycles. The van der Waals surface area contributed by atoms with E-state index in [1.54, 1.807) is 149 Å². The van der Waals surface area contributed by atoms with Gasteiger partial charge >= 0.3 is 23.9 Å². The Morgan fingerprint density at radius 1 is 0.282 bits per heavy atom. The lowest BCUT2D eigenvalue weighted by Crippen LogP contribution is -2.46. The number of carbonyl (C=O) groups is 8. The van der Waals surface area contributed by atoms with E-state index in [0.717, 1.165) is 0 Å². The van der Waals surface area contributed by atoms with E-state index in [2.05, 4.69) is 41.2 Å². The summed E-state index contributed by atoms with van der Waals surface area (Å²) in [6, 6.07) is 72.1. The van der Waals surface area contributed by atoms with Gasteiger partial charge in [-0.1, -0.05) is 121 Å². The predicted molar refractivity (Wildman–Crippen MR) is 418 cm³/mol. The molecule has 4 amide bonds. The van der Waals surface area contributed by atoms with Crippen molar-refractivity contribution < 1.29 is 57.3 Å². The number of amides is 4. The molecule has 4 aromatic heterocycles. The minimum Gasteiger partial charge on any atom is -0.465 e. The first kappa shape index (κ1) is 71.7. The second-order valence-corrected chi connectivity index (χ2v) is 27.2. The topological polar surface area (TPSA) is 285 Å². The molecule has 0 radical (unpaired) electrons. The van der Waals surface area contributed by atoms with Crippen molar-refractivity contribution in [3.63, 3.8) is 0 Å². The fourth-order valence-corrected chi connectivity index (χ4v) is 15.1. The van der Waals surface area contributed by atoms with E-state index in [9.17, 15) is 19.2 Å². The molecule has 3 aliphatic heterocycles. The third-order valence-electron chi connectivity index (χ3n) is 20.1. The highest BCUT2D eigenvalue weighted by molar-refractivity contribution is 6.10. The van der Waals surface area contributed by atoms with Crippen LogP contribution >= 0.6 is 0 Å². The van der Waals surface area contributed by atoms with Crippen molar-refractivity contribution in [1.29, 1.82) is 0 Å². The van der Waals surface area contributed by atoms with Crippen LogP contribution in [0.25, 0.3) is 22.3 Å². The zero-order valence-corrected chi connectivity index (χ0v) is 60.6. The normalized spacial score (nSPS) is 14.6. The molecule has 20 bridgehead atoms. The lowest BCUT2D eigenvalue weighted by Gasteiger charge is -2.30. The number of esters is 4. The number of hydrogen-bond acceptors (Lipinski definition) is 12. The Bertz CT molecular complexity index is 5280. The first-order valence-electron chi connectivity index (χ1n) is 36.5. The summed E-state index contributed by atoms with van der Waals surface area (Å²) in [6.45, 7) is 6.40. The number of rotatable bonds is 8. The standard InChI is InChI=1S/C90H76N8O12/c1-5-107-85(103)89(86(104)108-6-2)49-53-21-17-25-57(45-53)81(99)95-65-33-13-9-29-61(65)77-69-37-38-70(91-69)78(62-30-10-14-34-66(62)96-82(100)58-26-18-22-54(46-58)50-89)74-42-44-76(94-74)80-64-32-12-16-36-68(64)98-84(102)60-28-20-24-56(48-60)52-90(87(105)109-7-3,88(106)110-8-4)51-55-23-19-27-59(47-55)83(101)97-67-35-15-11-31-63(67)79(71-39-40-72(80)92-71)75-43-41-73(77)93-75/h9-48,91-94H,5-8,49-52H2,1-4H3,(H,95,99)(H,96,100)(H,97,101)(H,98,102). The summed E-state index contributed by atoms with van der Waals surface area (Å²) in [5, 5.41) is 15.2. The van der Waals surface area contributed by atoms with Crippen molar-refractivity contribution in [2.75, 3.05) is 47.7 Å². The molecule has 7 heterocycles. The Balaban J connectivity index is 1.02. The van der Waals surface area contributed by atoms with Gasteiger partial charge in [0, 0.05) is 134 Å². The average Bonchev–Trinajstić information content (AvgIpc) is 1.45.